The van der Waals surface area contributed by atoms with Gasteiger partial charge in [-0.3, -0.25) is 10.1 Å². The van der Waals surface area contributed by atoms with Crippen LogP contribution < -0.4 is 0 Å². The van der Waals surface area contributed by atoms with E-state index in [9.17, 15) is 19.7 Å². The van der Waals surface area contributed by atoms with Crippen molar-refractivity contribution in [1.29, 1.82) is 0 Å². The van der Waals surface area contributed by atoms with Crippen molar-refractivity contribution < 1.29 is 23.4 Å². The first-order chi connectivity index (χ1) is 7.86. The summed E-state index contributed by atoms with van der Waals surface area (Å²) in [5, 5.41) is 10.7. The van der Waals surface area contributed by atoms with Crippen molar-refractivity contribution in [2.24, 2.45) is 0 Å². The van der Waals surface area contributed by atoms with E-state index in [0.29, 0.717) is 0 Å². The van der Waals surface area contributed by atoms with E-state index in [1.807, 2.05) is 0 Å². The van der Waals surface area contributed by atoms with Crippen LogP contribution in [-0.2, 0) is 4.74 Å². The van der Waals surface area contributed by atoms with E-state index in [-0.39, 0.29) is 0 Å². The number of nitrogens with zero attached hydrogens (tertiary/aromatic N) is 1. The Bertz CT molecular complexity index is 598. The van der Waals surface area contributed by atoms with Gasteiger partial charge in [0.05, 0.1) is 14.6 Å². The highest BCUT2D eigenvalue weighted by atomic mass is 16.6. The fraction of sp³-hybridized carbons (Fsp3) is 0. The fourth-order valence-corrected chi connectivity index (χ4v) is 1.07. The third-order valence-corrected chi connectivity index (χ3v) is 1.63. The number of carbonyl (C=O) groups is 2. The van der Waals surface area contributed by atoms with Crippen molar-refractivity contribution >= 4 is 17.6 Å². The summed E-state index contributed by atoms with van der Waals surface area (Å²) < 4.78 is 26.2. The Morgan fingerprint density at radius 3 is 2.71 bits per heavy atom. The number of ether oxygens (including phenoxy) is 1. The lowest BCUT2D eigenvalue weighted by Gasteiger charge is -1.93. The van der Waals surface area contributed by atoms with Gasteiger partial charge in [-0.25, -0.2) is 9.59 Å². The molecular formula is C8H3NO5. The van der Waals surface area contributed by atoms with E-state index in [0.717, 1.165) is 0 Å². The molecule has 0 spiro atoms. The molecule has 1 heterocycles. The second-order valence-electron chi connectivity index (χ2n) is 2.41. The molecule has 0 saturated carbocycles. The molecule has 1 aliphatic rings. The summed E-state index contributed by atoms with van der Waals surface area (Å²) in [4.78, 5) is 32.1. The minimum atomic E-state index is -1.27. The van der Waals surface area contributed by atoms with Crippen molar-refractivity contribution in [1.82, 2.24) is 0 Å². The predicted molar refractivity (Wildman–Crippen MR) is 42.8 cm³/mol. The number of esters is 2. The van der Waals surface area contributed by atoms with E-state index < -0.39 is 51.8 Å². The Morgan fingerprint density at radius 2 is 2.07 bits per heavy atom. The number of cyclic esters (lactones) is 2. The number of fused-ring (bicyclic) bond motifs is 1. The summed E-state index contributed by atoms with van der Waals surface area (Å²) in [6.45, 7) is 0. The van der Waals surface area contributed by atoms with Crippen LogP contribution in [0.3, 0.4) is 0 Å². The Kier molecular flexibility index (Phi) is 1.03. The first kappa shape index (κ1) is 5.48. The largest absolute Gasteiger partial charge is 0.385 e. The van der Waals surface area contributed by atoms with Crippen LogP contribution in [0.15, 0.2) is 18.1 Å². The second-order valence-corrected chi connectivity index (χ2v) is 2.41. The molecule has 0 radical (unpaired) electrons. The molecule has 0 unspecified atom stereocenters. The van der Waals surface area contributed by atoms with Crippen LogP contribution in [0.25, 0.3) is 0 Å². The van der Waals surface area contributed by atoms with Crippen LogP contribution in [-0.4, -0.2) is 16.9 Å². The van der Waals surface area contributed by atoms with E-state index in [1.165, 1.54) is 0 Å². The molecule has 0 fully saturated rings. The topological polar surface area (TPSA) is 86.5 Å². The molecule has 0 bridgehead atoms. The number of carbonyl (C=O) groups excluding carboxylic acids is 2. The molecule has 0 saturated heterocycles. The molecule has 70 valence electrons. The molecule has 0 aromatic heterocycles. The minimum absolute atomic E-state index is 0.622. The summed E-state index contributed by atoms with van der Waals surface area (Å²) in [6.07, 6.45) is 0. The number of benzene rings is 1. The van der Waals surface area contributed by atoms with Gasteiger partial charge in [0, 0.05) is 6.04 Å². The van der Waals surface area contributed by atoms with Gasteiger partial charge < -0.3 is 4.74 Å². The SMILES string of the molecule is [2H]c1c([2H])c2c(c([N+](=O)[O-])c1[2H])C(=O)OC2=O. The quantitative estimate of drug-likeness (QED) is 0.288. The van der Waals surface area contributed by atoms with Crippen LogP contribution in [0.2, 0.25) is 0 Å². The van der Waals surface area contributed by atoms with Crippen LogP contribution >= 0.6 is 0 Å². The highest BCUT2D eigenvalue weighted by Gasteiger charge is 2.36. The summed E-state index contributed by atoms with van der Waals surface area (Å²) in [5.41, 5.74) is -2.31. The lowest BCUT2D eigenvalue weighted by molar-refractivity contribution is -0.385. The van der Waals surface area contributed by atoms with Crippen molar-refractivity contribution in [3.8, 4) is 0 Å². The highest BCUT2D eigenvalue weighted by molar-refractivity contribution is 6.16. The van der Waals surface area contributed by atoms with Gasteiger partial charge in [-0.1, -0.05) is 6.04 Å². The van der Waals surface area contributed by atoms with E-state index in [4.69, 9.17) is 4.11 Å². The molecule has 1 aromatic rings. The number of hydrogen-bond donors (Lipinski definition) is 0. The summed E-state index contributed by atoms with van der Waals surface area (Å²) in [7, 11) is 0. The summed E-state index contributed by atoms with van der Waals surface area (Å²) in [6, 6.07) is -2.39. The Balaban J connectivity index is 2.97. The van der Waals surface area contributed by atoms with E-state index in [2.05, 4.69) is 4.74 Å². The zero-order valence-electron chi connectivity index (χ0n) is 9.49. The molecule has 0 atom stereocenters. The highest BCUT2D eigenvalue weighted by Crippen LogP contribution is 2.28. The normalized spacial score (nSPS) is 16.7. The van der Waals surface area contributed by atoms with Crippen LogP contribution in [0.5, 0.6) is 0 Å². The molecule has 1 aromatic carbocycles. The number of rotatable bonds is 1. The fourth-order valence-electron chi connectivity index (χ4n) is 1.07. The molecule has 0 aliphatic carbocycles. The Morgan fingerprint density at radius 1 is 1.36 bits per heavy atom. The third kappa shape index (κ3) is 0.972. The maximum Gasteiger partial charge on any atom is 0.353 e. The van der Waals surface area contributed by atoms with Crippen LogP contribution in [0, 0.1) is 10.1 Å². The smallest absolute Gasteiger partial charge is 0.353 e. The third-order valence-electron chi connectivity index (χ3n) is 1.63. The lowest BCUT2D eigenvalue weighted by Crippen LogP contribution is -2.00. The molecule has 14 heavy (non-hydrogen) atoms. The van der Waals surface area contributed by atoms with Crippen LogP contribution in [0.4, 0.5) is 5.69 Å². The second kappa shape index (κ2) is 2.63. The van der Waals surface area contributed by atoms with Crippen LogP contribution in [0.1, 0.15) is 24.8 Å². The maximum absolute atomic E-state index is 11.2. The summed E-state index contributed by atoms with van der Waals surface area (Å²) >= 11 is 0. The zero-order chi connectivity index (χ0) is 12.9. The molecule has 6 heteroatoms. The first-order valence-electron chi connectivity index (χ1n) is 4.91. The van der Waals surface area contributed by atoms with Gasteiger partial charge >= 0.3 is 11.9 Å². The molecule has 2 rings (SSSR count). The zero-order valence-corrected chi connectivity index (χ0v) is 6.49. The molecule has 0 N–H and O–H groups in total. The maximum atomic E-state index is 11.2. The molecular weight excluding hydrogens is 190 g/mol. The van der Waals surface area contributed by atoms with Crippen molar-refractivity contribution in [3.63, 3.8) is 0 Å². The predicted octanol–water partition coefficient (Wildman–Crippen LogP) is 0.905. The van der Waals surface area contributed by atoms with Gasteiger partial charge in [-0.15, -0.1) is 0 Å². The Hall–Kier alpha value is -2.24. The lowest BCUT2D eigenvalue weighted by atomic mass is 10.1. The standard InChI is InChI=1S/C8H3NO5/c10-7-4-2-1-3-5(9(12)13)6(4)8(11)14-7/h1-3H/i1D,2D,3D. The van der Waals surface area contributed by atoms with Gasteiger partial charge in [-0.2, -0.15) is 0 Å². The number of hydrogen-bond acceptors (Lipinski definition) is 5. The van der Waals surface area contributed by atoms with Crippen molar-refractivity contribution in [2.75, 3.05) is 0 Å². The van der Waals surface area contributed by atoms with Gasteiger partial charge in [0.1, 0.15) is 0 Å². The average Bonchev–Trinajstić information content (AvgIpc) is 2.51. The number of nitro benzene ring substituents is 1. The molecule has 0 amide bonds. The number of nitro groups is 1. The van der Waals surface area contributed by atoms with E-state index >= 15 is 0 Å². The Labute approximate surface area is 81.5 Å². The summed E-state index contributed by atoms with van der Waals surface area (Å²) in [5.74, 6) is -2.47. The molecule has 6 nitrogen and oxygen atoms in total. The van der Waals surface area contributed by atoms with Gasteiger partial charge in [0.15, 0.2) is 5.56 Å². The van der Waals surface area contributed by atoms with Gasteiger partial charge in [-0.05, 0) is 6.04 Å². The van der Waals surface area contributed by atoms with Gasteiger partial charge in [0.2, 0.25) is 0 Å². The first-order valence-corrected chi connectivity index (χ1v) is 3.41. The molecule has 1 aliphatic heterocycles. The minimum Gasteiger partial charge on any atom is -0.385 e. The van der Waals surface area contributed by atoms with Crippen molar-refractivity contribution in [3.05, 3.63) is 39.4 Å². The van der Waals surface area contributed by atoms with Gasteiger partial charge in [0.25, 0.3) is 5.69 Å². The monoisotopic (exact) mass is 196 g/mol. The average molecular weight is 196 g/mol. The van der Waals surface area contributed by atoms with E-state index in [1.54, 1.807) is 0 Å². The van der Waals surface area contributed by atoms with Crippen molar-refractivity contribution in [2.45, 2.75) is 0 Å².